The zero-order chi connectivity index (χ0) is 14.5. The number of rotatable bonds is 4. The van der Waals surface area contributed by atoms with Crippen molar-refractivity contribution >= 4 is 0 Å². The lowest BCUT2D eigenvalue weighted by Crippen LogP contribution is -2.44. The molecule has 1 saturated heterocycles. The molecule has 2 heteroatoms. The fourth-order valence-corrected chi connectivity index (χ4v) is 3.04. The van der Waals surface area contributed by atoms with Crippen LogP contribution in [0.5, 0.6) is 0 Å². The summed E-state index contributed by atoms with van der Waals surface area (Å²) in [4.78, 5) is 2.53. The van der Waals surface area contributed by atoms with Gasteiger partial charge in [0.15, 0.2) is 0 Å². The summed E-state index contributed by atoms with van der Waals surface area (Å²) in [5.41, 5.74) is 2.74. The SMILES string of the molecule is C.C[C@H](c1ccccc1)N1CCOC(Cc2ccccc2)C1. The van der Waals surface area contributed by atoms with Gasteiger partial charge in [0.05, 0.1) is 12.7 Å². The zero-order valence-electron chi connectivity index (χ0n) is 12.6. The molecule has 22 heavy (non-hydrogen) atoms. The maximum atomic E-state index is 5.96. The Balaban J connectivity index is 0.00000176. The first-order chi connectivity index (χ1) is 10.3. The Morgan fingerprint density at radius 1 is 1.05 bits per heavy atom. The molecule has 1 fully saturated rings. The van der Waals surface area contributed by atoms with Crippen LogP contribution in [-0.4, -0.2) is 30.7 Å². The average Bonchev–Trinajstić information content (AvgIpc) is 2.56. The number of nitrogens with zero attached hydrogens (tertiary/aromatic N) is 1. The van der Waals surface area contributed by atoms with Crippen molar-refractivity contribution in [3.8, 4) is 0 Å². The van der Waals surface area contributed by atoms with Crippen LogP contribution in [-0.2, 0) is 11.2 Å². The molecule has 2 aromatic carbocycles. The topological polar surface area (TPSA) is 12.5 Å². The highest BCUT2D eigenvalue weighted by atomic mass is 16.5. The minimum absolute atomic E-state index is 0. The van der Waals surface area contributed by atoms with Gasteiger partial charge in [0.1, 0.15) is 0 Å². The summed E-state index contributed by atoms with van der Waals surface area (Å²) in [5.74, 6) is 0. The van der Waals surface area contributed by atoms with E-state index < -0.39 is 0 Å². The Labute approximate surface area is 134 Å². The fourth-order valence-electron chi connectivity index (χ4n) is 3.04. The van der Waals surface area contributed by atoms with E-state index in [1.165, 1.54) is 11.1 Å². The van der Waals surface area contributed by atoms with Crippen molar-refractivity contribution in [2.45, 2.75) is 32.9 Å². The van der Waals surface area contributed by atoms with E-state index in [-0.39, 0.29) is 7.43 Å². The lowest BCUT2D eigenvalue weighted by molar-refractivity contribution is -0.0406. The monoisotopic (exact) mass is 297 g/mol. The van der Waals surface area contributed by atoms with E-state index in [0.29, 0.717) is 12.1 Å². The highest BCUT2D eigenvalue weighted by molar-refractivity contribution is 5.19. The maximum Gasteiger partial charge on any atom is 0.0743 e. The molecule has 0 aromatic heterocycles. The molecule has 1 heterocycles. The lowest BCUT2D eigenvalue weighted by atomic mass is 10.0. The molecule has 0 radical (unpaired) electrons. The smallest absolute Gasteiger partial charge is 0.0743 e. The van der Waals surface area contributed by atoms with E-state index in [2.05, 4.69) is 72.5 Å². The summed E-state index contributed by atoms with van der Waals surface area (Å²) in [6.45, 7) is 5.14. The zero-order valence-corrected chi connectivity index (χ0v) is 12.6. The van der Waals surface area contributed by atoms with Crippen LogP contribution in [0.15, 0.2) is 60.7 Å². The third kappa shape index (κ3) is 4.19. The van der Waals surface area contributed by atoms with Crippen LogP contribution in [0.3, 0.4) is 0 Å². The average molecular weight is 297 g/mol. The first kappa shape index (κ1) is 16.7. The summed E-state index contributed by atoms with van der Waals surface area (Å²) in [5, 5.41) is 0. The van der Waals surface area contributed by atoms with Gasteiger partial charge in [-0.15, -0.1) is 0 Å². The Morgan fingerprint density at radius 3 is 2.36 bits per heavy atom. The van der Waals surface area contributed by atoms with Crippen LogP contribution in [0.2, 0.25) is 0 Å². The molecule has 1 unspecified atom stereocenters. The van der Waals surface area contributed by atoms with E-state index in [1.807, 2.05) is 0 Å². The highest BCUT2D eigenvalue weighted by Gasteiger charge is 2.24. The van der Waals surface area contributed by atoms with Crippen molar-refractivity contribution in [1.29, 1.82) is 0 Å². The molecule has 0 N–H and O–H groups in total. The van der Waals surface area contributed by atoms with Gasteiger partial charge < -0.3 is 4.74 Å². The largest absolute Gasteiger partial charge is 0.375 e. The summed E-state index contributed by atoms with van der Waals surface area (Å²) in [6, 6.07) is 21.8. The molecule has 0 amide bonds. The third-order valence-electron chi connectivity index (χ3n) is 4.31. The molecule has 2 nitrogen and oxygen atoms in total. The van der Waals surface area contributed by atoms with E-state index in [4.69, 9.17) is 4.74 Å². The Bertz CT molecular complexity index is 540. The highest BCUT2D eigenvalue weighted by Crippen LogP contribution is 2.23. The van der Waals surface area contributed by atoms with Gasteiger partial charge in [-0.25, -0.2) is 0 Å². The molecule has 0 spiro atoms. The molecular formula is C20H27NO. The lowest BCUT2D eigenvalue weighted by Gasteiger charge is -2.37. The minimum atomic E-state index is 0. The first-order valence-corrected chi connectivity index (χ1v) is 7.77. The number of morpholine rings is 1. The van der Waals surface area contributed by atoms with Crippen molar-refractivity contribution in [3.05, 3.63) is 71.8 Å². The molecule has 2 aromatic rings. The van der Waals surface area contributed by atoms with Gasteiger partial charge in [-0.2, -0.15) is 0 Å². The maximum absolute atomic E-state index is 5.96. The Hall–Kier alpha value is -1.64. The predicted molar refractivity (Wildman–Crippen MR) is 93.0 cm³/mol. The van der Waals surface area contributed by atoms with Crippen LogP contribution in [0.1, 0.15) is 31.5 Å². The predicted octanol–water partition coefficient (Wildman–Crippen LogP) is 4.33. The fraction of sp³-hybridized carbons (Fsp3) is 0.400. The molecule has 0 bridgehead atoms. The number of ether oxygens (including phenoxy) is 1. The molecule has 118 valence electrons. The molecule has 1 aliphatic rings. The number of hydrogen-bond acceptors (Lipinski definition) is 2. The Kier molecular flexibility index (Phi) is 6.17. The van der Waals surface area contributed by atoms with Gasteiger partial charge in [0, 0.05) is 19.1 Å². The van der Waals surface area contributed by atoms with Gasteiger partial charge in [0.2, 0.25) is 0 Å². The van der Waals surface area contributed by atoms with E-state index in [0.717, 1.165) is 26.1 Å². The first-order valence-electron chi connectivity index (χ1n) is 7.77. The second-order valence-electron chi connectivity index (χ2n) is 5.76. The van der Waals surface area contributed by atoms with E-state index in [1.54, 1.807) is 0 Å². The van der Waals surface area contributed by atoms with Gasteiger partial charge in [-0.3, -0.25) is 4.90 Å². The van der Waals surface area contributed by atoms with Gasteiger partial charge >= 0.3 is 0 Å². The molecule has 0 saturated carbocycles. The third-order valence-corrected chi connectivity index (χ3v) is 4.31. The molecule has 1 aliphatic heterocycles. The summed E-state index contributed by atoms with van der Waals surface area (Å²) < 4.78 is 5.96. The molecule has 2 atom stereocenters. The van der Waals surface area contributed by atoms with E-state index >= 15 is 0 Å². The van der Waals surface area contributed by atoms with Crippen LogP contribution in [0, 0.1) is 0 Å². The normalized spacial score (nSPS) is 20.1. The standard InChI is InChI=1S/C19H23NO.CH4/c1-16(18-10-6-3-7-11-18)20-12-13-21-19(15-20)14-17-8-4-2-5-9-17;/h2-11,16,19H,12-15H2,1H3;1H4/t16-,19?;/m1./s1. The molecule has 0 aliphatic carbocycles. The van der Waals surface area contributed by atoms with Crippen LogP contribution in [0.4, 0.5) is 0 Å². The van der Waals surface area contributed by atoms with Crippen molar-refractivity contribution in [2.75, 3.05) is 19.7 Å². The van der Waals surface area contributed by atoms with Crippen molar-refractivity contribution < 1.29 is 4.74 Å². The van der Waals surface area contributed by atoms with Crippen LogP contribution >= 0.6 is 0 Å². The number of hydrogen-bond donors (Lipinski definition) is 0. The minimum Gasteiger partial charge on any atom is -0.375 e. The molecular weight excluding hydrogens is 270 g/mol. The molecule has 3 rings (SSSR count). The second-order valence-corrected chi connectivity index (χ2v) is 5.76. The Morgan fingerprint density at radius 2 is 1.68 bits per heavy atom. The quantitative estimate of drug-likeness (QED) is 0.833. The van der Waals surface area contributed by atoms with Crippen molar-refractivity contribution in [1.82, 2.24) is 4.90 Å². The number of benzene rings is 2. The van der Waals surface area contributed by atoms with Crippen LogP contribution < -0.4 is 0 Å². The van der Waals surface area contributed by atoms with Crippen molar-refractivity contribution in [2.24, 2.45) is 0 Å². The summed E-state index contributed by atoms with van der Waals surface area (Å²) in [6.07, 6.45) is 1.30. The van der Waals surface area contributed by atoms with Gasteiger partial charge in [-0.05, 0) is 24.5 Å². The van der Waals surface area contributed by atoms with Crippen molar-refractivity contribution in [3.63, 3.8) is 0 Å². The summed E-state index contributed by atoms with van der Waals surface area (Å²) in [7, 11) is 0. The summed E-state index contributed by atoms with van der Waals surface area (Å²) >= 11 is 0. The van der Waals surface area contributed by atoms with E-state index in [9.17, 15) is 0 Å². The van der Waals surface area contributed by atoms with Gasteiger partial charge in [-0.1, -0.05) is 68.1 Å². The van der Waals surface area contributed by atoms with Gasteiger partial charge in [0.25, 0.3) is 0 Å². The van der Waals surface area contributed by atoms with Crippen LogP contribution in [0.25, 0.3) is 0 Å². The second kappa shape index (κ2) is 8.11.